The smallest absolute Gasteiger partial charge is 0.340 e. The zero-order valence-electron chi connectivity index (χ0n) is 9.23. The predicted octanol–water partition coefficient (Wildman–Crippen LogP) is 1.44. The minimum Gasteiger partial charge on any atom is -0.465 e. The monoisotopic (exact) mass is 223 g/mol. The van der Waals surface area contributed by atoms with Gasteiger partial charge in [0.25, 0.3) is 0 Å². The van der Waals surface area contributed by atoms with Gasteiger partial charge in [-0.15, -0.1) is 0 Å². The lowest BCUT2D eigenvalue weighted by atomic mass is 10.1. The van der Waals surface area contributed by atoms with E-state index in [4.69, 9.17) is 4.74 Å². The number of carbonyl (C=O) groups is 2. The Balaban J connectivity index is 2.94. The first-order valence-corrected chi connectivity index (χ1v) is 4.90. The summed E-state index contributed by atoms with van der Waals surface area (Å²) in [5.74, 6) is -1.14. The summed E-state index contributed by atoms with van der Waals surface area (Å²) in [6, 6.07) is 1.42. The molecule has 1 heterocycles. The van der Waals surface area contributed by atoms with E-state index in [2.05, 4.69) is 9.72 Å². The molecule has 0 radical (unpaired) electrons. The maximum absolute atomic E-state index is 11.6. The van der Waals surface area contributed by atoms with Gasteiger partial charge in [0, 0.05) is 12.4 Å². The van der Waals surface area contributed by atoms with Crippen LogP contribution in [0.3, 0.4) is 0 Å². The molecule has 0 aliphatic rings. The molecule has 0 amide bonds. The van der Waals surface area contributed by atoms with Crippen molar-refractivity contribution in [2.45, 2.75) is 13.3 Å². The Morgan fingerprint density at radius 2 is 2.06 bits per heavy atom. The normalized spacial score (nSPS) is 9.62. The molecule has 0 N–H and O–H groups in total. The minimum atomic E-state index is -0.578. The van der Waals surface area contributed by atoms with Crippen molar-refractivity contribution in [3.63, 3.8) is 0 Å². The average molecular weight is 223 g/mol. The fraction of sp³-hybridized carbons (Fsp3) is 0.364. The van der Waals surface area contributed by atoms with Crippen LogP contribution < -0.4 is 0 Å². The number of nitrogens with zero attached hydrogens (tertiary/aromatic N) is 1. The first kappa shape index (κ1) is 12.2. The zero-order valence-corrected chi connectivity index (χ0v) is 9.23. The predicted molar refractivity (Wildman–Crippen MR) is 56.2 cm³/mol. The highest BCUT2D eigenvalue weighted by Crippen LogP contribution is 2.10. The lowest BCUT2D eigenvalue weighted by molar-refractivity contribution is 0.0485. The molecule has 0 atom stereocenters. The number of hydrogen-bond acceptors (Lipinski definition) is 5. The molecule has 0 saturated heterocycles. The lowest BCUT2D eigenvalue weighted by Gasteiger charge is -2.06. The van der Waals surface area contributed by atoms with E-state index >= 15 is 0 Å². The fourth-order valence-electron chi connectivity index (χ4n) is 1.12. The Morgan fingerprint density at radius 3 is 2.69 bits per heavy atom. The number of carbonyl (C=O) groups excluding carboxylic acids is 2. The minimum absolute atomic E-state index is 0.128. The first-order chi connectivity index (χ1) is 7.70. The Labute approximate surface area is 93.4 Å². The van der Waals surface area contributed by atoms with Gasteiger partial charge in [-0.2, -0.15) is 0 Å². The number of ether oxygens (including phenoxy) is 2. The van der Waals surface area contributed by atoms with Crippen molar-refractivity contribution in [2.75, 3.05) is 13.7 Å². The molecule has 5 heteroatoms. The van der Waals surface area contributed by atoms with E-state index in [0.717, 1.165) is 6.42 Å². The Hall–Kier alpha value is -1.91. The van der Waals surface area contributed by atoms with Crippen LogP contribution in [0, 0.1) is 0 Å². The highest BCUT2D eigenvalue weighted by atomic mass is 16.5. The number of aromatic nitrogens is 1. The van der Waals surface area contributed by atoms with Gasteiger partial charge < -0.3 is 9.47 Å². The van der Waals surface area contributed by atoms with Crippen molar-refractivity contribution >= 4 is 11.9 Å². The molecule has 5 nitrogen and oxygen atoms in total. The van der Waals surface area contributed by atoms with E-state index in [1.165, 1.54) is 25.6 Å². The van der Waals surface area contributed by atoms with Gasteiger partial charge >= 0.3 is 11.9 Å². The van der Waals surface area contributed by atoms with Crippen LogP contribution in [0.1, 0.15) is 34.1 Å². The molecule has 0 spiro atoms. The molecular formula is C11H13NO4. The summed E-state index contributed by atoms with van der Waals surface area (Å²) in [4.78, 5) is 26.7. The standard InChI is InChI=1S/C11H13NO4/c1-3-6-16-11(14)9-7-12-5-4-8(9)10(13)15-2/h4-5,7H,3,6H2,1-2H3. The Morgan fingerprint density at radius 1 is 1.31 bits per heavy atom. The third-order valence-electron chi connectivity index (χ3n) is 1.88. The molecule has 0 aliphatic heterocycles. The highest BCUT2D eigenvalue weighted by Gasteiger charge is 2.18. The van der Waals surface area contributed by atoms with Crippen molar-refractivity contribution in [2.24, 2.45) is 0 Å². The van der Waals surface area contributed by atoms with Crippen molar-refractivity contribution in [3.8, 4) is 0 Å². The van der Waals surface area contributed by atoms with Gasteiger partial charge in [0.2, 0.25) is 0 Å². The summed E-state index contributed by atoms with van der Waals surface area (Å²) in [5.41, 5.74) is 0.293. The second-order valence-electron chi connectivity index (χ2n) is 3.05. The Bertz CT molecular complexity index is 389. The molecule has 0 fully saturated rings. The first-order valence-electron chi connectivity index (χ1n) is 4.90. The molecule has 0 aromatic carbocycles. The number of esters is 2. The number of methoxy groups -OCH3 is 1. The maximum Gasteiger partial charge on any atom is 0.340 e. The summed E-state index contributed by atoms with van der Waals surface area (Å²) in [6.07, 6.45) is 3.44. The third-order valence-corrected chi connectivity index (χ3v) is 1.88. The van der Waals surface area contributed by atoms with Crippen LogP contribution in [0.4, 0.5) is 0 Å². The quantitative estimate of drug-likeness (QED) is 0.722. The number of rotatable bonds is 4. The van der Waals surface area contributed by atoms with Crippen LogP contribution in [0.25, 0.3) is 0 Å². The molecule has 1 aromatic heterocycles. The fourth-order valence-corrected chi connectivity index (χ4v) is 1.12. The van der Waals surface area contributed by atoms with E-state index < -0.39 is 11.9 Å². The van der Waals surface area contributed by atoms with Gasteiger partial charge in [-0.05, 0) is 12.5 Å². The van der Waals surface area contributed by atoms with Gasteiger partial charge in [0.1, 0.15) is 0 Å². The maximum atomic E-state index is 11.6. The lowest BCUT2D eigenvalue weighted by Crippen LogP contribution is -2.13. The van der Waals surface area contributed by atoms with Crippen molar-refractivity contribution < 1.29 is 19.1 Å². The second-order valence-corrected chi connectivity index (χ2v) is 3.05. The van der Waals surface area contributed by atoms with Gasteiger partial charge in [-0.1, -0.05) is 6.92 Å². The van der Waals surface area contributed by atoms with Crippen LogP contribution in [0.15, 0.2) is 18.5 Å². The van der Waals surface area contributed by atoms with Gasteiger partial charge in [-0.3, -0.25) is 4.98 Å². The summed E-state index contributed by atoms with van der Waals surface area (Å²) in [5, 5.41) is 0. The van der Waals surface area contributed by atoms with Crippen molar-refractivity contribution in [1.82, 2.24) is 4.98 Å². The molecule has 0 unspecified atom stereocenters. The van der Waals surface area contributed by atoms with E-state index in [0.29, 0.717) is 6.61 Å². The number of hydrogen-bond donors (Lipinski definition) is 0. The number of pyridine rings is 1. The molecule has 0 bridgehead atoms. The van der Waals surface area contributed by atoms with Crippen LogP contribution >= 0.6 is 0 Å². The third kappa shape index (κ3) is 2.79. The Kier molecular flexibility index (Phi) is 4.44. The van der Waals surface area contributed by atoms with Crippen LogP contribution in [-0.4, -0.2) is 30.6 Å². The zero-order chi connectivity index (χ0) is 12.0. The molecule has 0 saturated carbocycles. The molecule has 0 aliphatic carbocycles. The SMILES string of the molecule is CCCOC(=O)c1cnccc1C(=O)OC. The van der Waals surface area contributed by atoms with Gasteiger partial charge in [0.15, 0.2) is 0 Å². The van der Waals surface area contributed by atoms with Crippen LogP contribution in [-0.2, 0) is 9.47 Å². The van der Waals surface area contributed by atoms with Crippen molar-refractivity contribution in [1.29, 1.82) is 0 Å². The van der Waals surface area contributed by atoms with Gasteiger partial charge in [0.05, 0.1) is 24.8 Å². The van der Waals surface area contributed by atoms with E-state index in [-0.39, 0.29) is 11.1 Å². The summed E-state index contributed by atoms with van der Waals surface area (Å²) in [7, 11) is 1.25. The molecule has 1 rings (SSSR count). The van der Waals surface area contributed by atoms with E-state index in [1.807, 2.05) is 6.92 Å². The molecule has 86 valence electrons. The largest absolute Gasteiger partial charge is 0.465 e. The van der Waals surface area contributed by atoms with Gasteiger partial charge in [-0.25, -0.2) is 9.59 Å². The van der Waals surface area contributed by atoms with Crippen molar-refractivity contribution in [3.05, 3.63) is 29.6 Å². The van der Waals surface area contributed by atoms with Crippen LogP contribution in [0.5, 0.6) is 0 Å². The summed E-state index contributed by atoms with van der Waals surface area (Å²) >= 11 is 0. The summed E-state index contributed by atoms with van der Waals surface area (Å²) in [6.45, 7) is 2.20. The summed E-state index contributed by atoms with van der Waals surface area (Å²) < 4.78 is 9.48. The molecular weight excluding hydrogens is 210 g/mol. The average Bonchev–Trinajstić information content (AvgIpc) is 2.35. The topological polar surface area (TPSA) is 65.5 Å². The molecule has 1 aromatic rings. The highest BCUT2D eigenvalue weighted by molar-refractivity contribution is 6.02. The second kappa shape index (κ2) is 5.85. The van der Waals surface area contributed by atoms with E-state index in [1.54, 1.807) is 0 Å². The van der Waals surface area contributed by atoms with E-state index in [9.17, 15) is 9.59 Å². The molecule has 16 heavy (non-hydrogen) atoms. The van der Waals surface area contributed by atoms with Crippen LogP contribution in [0.2, 0.25) is 0 Å².